The summed E-state index contributed by atoms with van der Waals surface area (Å²) in [5.74, 6) is 2.20. The zero-order chi connectivity index (χ0) is 35.4. The number of furan rings is 1. The first-order valence-corrected chi connectivity index (χ1v) is 22.9. The zero-order valence-corrected chi connectivity index (χ0v) is 35.0. The van der Waals surface area contributed by atoms with Crippen LogP contribution in [0.15, 0.2) is 83.5 Å². The number of benzene rings is 2. The van der Waals surface area contributed by atoms with Crippen molar-refractivity contribution >= 4 is 35.3 Å². The monoisotopic (exact) mass is 884 g/mol. The SMILES string of the molecule is C[Si](C)(C)c1cnc(-c2[c-]cccc2)cc1CC1CCCCC1.Cc1[c-]c(-c2cc(C(C)C3CCCCC3)ccn2)c2oc3ccccc3c2n1.[Ir]. The van der Waals surface area contributed by atoms with Crippen molar-refractivity contribution < 1.29 is 24.5 Å². The first-order chi connectivity index (χ1) is 24.7. The normalized spacial score (nSPS) is 16.2. The second-order valence-corrected chi connectivity index (χ2v) is 21.1. The van der Waals surface area contributed by atoms with Crippen LogP contribution in [0.5, 0.6) is 0 Å². The van der Waals surface area contributed by atoms with Crippen molar-refractivity contribution in [2.45, 2.75) is 110 Å². The van der Waals surface area contributed by atoms with Crippen molar-refractivity contribution in [3.63, 3.8) is 0 Å². The molecule has 2 aromatic carbocycles. The van der Waals surface area contributed by atoms with Crippen molar-refractivity contribution in [1.82, 2.24) is 15.0 Å². The molecule has 2 aliphatic carbocycles. The van der Waals surface area contributed by atoms with Gasteiger partial charge in [0.2, 0.25) is 0 Å². The van der Waals surface area contributed by atoms with Gasteiger partial charge in [-0.15, -0.1) is 47.5 Å². The number of rotatable bonds is 7. The van der Waals surface area contributed by atoms with Gasteiger partial charge in [0.15, 0.2) is 0 Å². The summed E-state index contributed by atoms with van der Waals surface area (Å²) in [7, 11) is -1.36. The van der Waals surface area contributed by atoms with Crippen LogP contribution in [0.4, 0.5) is 0 Å². The third-order valence-electron chi connectivity index (χ3n) is 11.3. The van der Waals surface area contributed by atoms with Crippen molar-refractivity contribution in [2.75, 3.05) is 0 Å². The number of pyridine rings is 3. The third-order valence-corrected chi connectivity index (χ3v) is 13.4. The summed E-state index contributed by atoms with van der Waals surface area (Å²) in [6.45, 7) is 11.7. The Labute approximate surface area is 325 Å². The van der Waals surface area contributed by atoms with Crippen molar-refractivity contribution in [1.29, 1.82) is 0 Å². The molecule has 6 aromatic rings. The number of fused-ring (bicyclic) bond motifs is 3. The van der Waals surface area contributed by atoms with Crippen LogP contribution in [0.3, 0.4) is 0 Å². The standard InChI is InChI=1S/C25H25N2O.C21H28NSi.Ir/c1-16-14-21(25-24(27-16)20-10-6-7-11-23(20)28-25)22-15-19(12-13-26-22)17(2)18-8-4-3-5-9-18;1-23(2,3)21-16-22-20(18-12-8-5-9-13-18)15-19(21)14-17-10-6-4-7-11-17;/h6-7,10-13,15,17-18H,3-5,8-9H2,1-2H3;5,8-9,12,15-17H,4,6-7,10-11,14H2,1-3H3;/q2*-1;. The van der Waals surface area contributed by atoms with Gasteiger partial charge in [-0.05, 0) is 78.3 Å². The van der Waals surface area contributed by atoms with E-state index in [9.17, 15) is 0 Å². The van der Waals surface area contributed by atoms with Gasteiger partial charge in [0.1, 0.15) is 5.58 Å². The topological polar surface area (TPSA) is 51.8 Å². The second kappa shape index (κ2) is 17.1. The van der Waals surface area contributed by atoms with Gasteiger partial charge < -0.3 is 14.4 Å². The Bertz CT molecular complexity index is 2070. The molecule has 8 rings (SSSR count). The van der Waals surface area contributed by atoms with Gasteiger partial charge in [-0.25, -0.2) is 0 Å². The van der Waals surface area contributed by atoms with E-state index in [1.165, 1.54) is 76.2 Å². The summed E-state index contributed by atoms with van der Waals surface area (Å²) < 4.78 is 6.18. The smallest absolute Gasteiger partial charge is 0.119 e. The number of aromatic nitrogens is 3. The van der Waals surface area contributed by atoms with Gasteiger partial charge in [-0.1, -0.05) is 119 Å². The molecule has 6 heteroatoms. The Morgan fingerprint density at radius 3 is 2.31 bits per heavy atom. The average Bonchev–Trinajstić information content (AvgIpc) is 3.53. The van der Waals surface area contributed by atoms with Crippen LogP contribution in [0.1, 0.15) is 93.9 Å². The predicted octanol–water partition coefficient (Wildman–Crippen LogP) is 12.0. The van der Waals surface area contributed by atoms with Crippen LogP contribution in [-0.2, 0) is 26.5 Å². The maximum Gasteiger partial charge on any atom is 0.119 e. The zero-order valence-electron chi connectivity index (χ0n) is 31.6. The molecule has 0 spiro atoms. The number of hydrogen-bond acceptors (Lipinski definition) is 4. The summed E-state index contributed by atoms with van der Waals surface area (Å²) in [5.41, 5.74) is 10.3. The molecule has 52 heavy (non-hydrogen) atoms. The van der Waals surface area contributed by atoms with Gasteiger partial charge in [0.05, 0.1) is 19.2 Å². The largest absolute Gasteiger partial charge is 0.513 e. The summed E-state index contributed by atoms with van der Waals surface area (Å²) in [4.78, 5) is 14.2. The van der Waals surface area contributed by atoms with Crippen LogP contribution >= 0.6 is 0 Å². The van der Waals surface area contributed by atoms with Crippen LogP contribution in [0.2, 0.25) is 19.6 Å². The molecular formula is C46H53IrN3OSi-2. The molecule has 0 N–H and O–H groups in total. The average molecular weight is 884 g/mol. The van der Waals surface area contributed by atoms with Crippen LogP contribution in [-0.4, -0.2) is 23.0 Å². The molecule has 0 aliphatic heterocycles. The predicted molar refractivity (Wildman–Crippen MR) is 215 cm³/mol. The Kier molecular flexibility index (Phi) is 12.6. The fourth-order valence-corrected chi connectivity index (χ4v) is 10.0. The van der Waals surface area contributed by atoms with E-state index in [0.29, 0.717) is 5.92 Å². The van der Waals surface area contributed by atoms with Gasteiger partial charge in [0.25, 0.3) is 0 Å². The summed E-state index contributed by atoms with van der Waals surface area (Å²) in [6, 6.07) is 29.7. The van der Waals surface area contributed by atoms with Crippen LogP contribution in [0.25, 0.3) is 44.6 Å². The summed E-state index contributed by atoms with van der Waals surface area (Å²) in [6.07, 6.45) is 19.2. The molecule has 2 aliphatic rings. The van der Waals surface area contributed by atoms with E-state index in [-0.39, 0.29) is 20.1 Å². The number of hydrogen-bond donors (Lipinski definition) is 0. The van der Waals surface area contributed by atoms with E-state index in [2.05, 4.69) is 86.3 Å². The molecule has 4 nitrogen and oxygen atoms in total. The molecule has 1 radical (unpaired) electrons. The molecule has 2 fully saturated rings. The number of para-hydroxylation sites is 1. The fourth-order valence-electron chi connectivity index (χ4n) is 8.44. The molecule has 1 atom stereocenters. The second-order valence-electron chi connectivity index (χ2n) is 16.1. The Hall–Kier alpha value is -3.44. The molecule has 0 amide bonds. The Morgan fingerprint density at radius 1 is 0.846 bits per heavy atom. The minimum Gasteiger partial charge on any atom is -0.513 e. The molecule has 0 saturated heterocycles. The summed E-state index contributed by atoms with van der Waals surface area (Å²) >= 11 is 0. The maximum atomic E-state index is 6.18. The maximum absolute atomic E-state index is 6.18. The van der Waals surface area contributed by atoms with E-state index >= 15 is 0 Å². The molecule has 1 unspecified atom stereocenters. The fraction of sp³-hybridized carbons (Fsp3) is 0.413. The molecular weight excluding hydrogens is 831 g/mol. The Morgan fingerprint density at radius 2 is 1.58 bits per heavy atom. The van der Waals surface area contributed by atoms with Crippen molar-refractivity contribution in [2.24, 2.45) is 11.8 Å². The number of aryl methyl sites for hydroxylation is 1. The van der Waals surface area contributed by atoms with E-state index in [1.807, 2.05) is 43.5 Å². The van der Waals surface area contributed by atoms with Gasteiger partial charge >= 0.3 is 0 Å². The van der Waals surface area contributed by atoms with E-state index in [1.54, 1.807) is 10.8 Å². The molecule has 273 valence electrons. The molecule has 2 saturated carbocycles. The first kappa shape index (κ1) is 38.3. The van der Waals surface area contributed by atoms with E-state index in [4.69, 9.17) is 14.4 Å². The third kappa shape index (κ3) is 8.84. The minimum absolute atomic E-state index is 0. The van der Waals surface area contributed by atoms with E-state index in [0.717, 1.165) is 62.1 Å². The molecule has 4 aromatic heterocycles. The van der Waals surface area contributed by atoms with Crippen LogP contribution < -0.4 is 5.19 Å². The Balaban J connectivity index is 0.000000179. The van der Waals surface area contributed by atoms with Gasteiger partial charge in [-0.2, -0.15) is 0 Å². The van der Waals surface area contributed by atoms with Gasteiger partial charge in [-0.3, -0.25) is 4.98 Å². The first-order valence-electron chi connectivity index (χ1n) is 19.4. The van der Waals surface area contributed by atoms with Crippen molar-refractivity contribution in [3.8, 4) is 22.5 Å². The van der Waals surface area contributed by atoms with Crippen molar-refractivity contribution in [3.05, 3.63) is 108 Å². The quantitative estimate of drug-likeness (QED) is 0.118. The van der Waals surface area contributed by atoms with Gasteiger partial charge in [0, 0.05) is 37.9 Å². The molecule has 4 heterocycles. The summed E-state index contributed by atoms with van der Waals surface area (Å²) in [5, 5.41) is 2.59. The minimum atomic E-state index is -1.36. The van der Waals surface area contributed by atoms with Crippen LogP contribution in [0, 0.1) is 30.9 Å². The number of nitrogens with zero attached hydrogens (tertiary/aromatic N) is 3. The molecule has 0 bridgehead atoms. The van der Waals surface area contributed by atoms with E-state index < -0.39 is 8.07 Å².